The monoisotopic (exact) mass is 152 g/mol. The average Bonchev–Trinajstić information content (AvgIpc) is 2.07. The van der Waals surface area contributed by atoms with E-state index in [4.69, 9.17) is 4.74 Å². The Morgan fingerprint density at radius 3 is 2.45 bits per heavy atom. The maximum atomic E-state index is 4.92. The fourth-order valence-electron chi connectivity index (χ4n) is 0.805. The van der Waals surface area contributed by atoms with Gasteiger partial charge in [-0.25, -0.2) is 9.97 Å². The summed E-state index contributed by atoms with van der Waals surface area (Å²) < 4.78 is 4.92. The summed E-state index contributed by atoms with van der Waals surface area (Å²) in [6.45, 7) is 2.62. The molecule has 0 aliphatic heterocycles. The SMILES string of the molecule is CCc1ncc(COC)cn1. The van der Waals surface area contributed by atoms with E-state index < -0.39 is 0 Å². The zero-order chi connectivity index (χ0) is 8.10. The lowest BCUT2D eigenvalue weighted by molar-refractivity contribution is 0.184. The summed E-state index contributed by atoms with van der Waals surface area (Å²) >= 11 is 0. The first-order valence-electron chi connectivity index (χ1n) is 3.65. The van der Waals surface area contributed by atoms with Crippen molar-refractivity contribution in [1.82, 2.24) is 9.97 Å². The molecule has 1 aromatic rings. The third-order valence-electron chi connectivity index (χ3n) is 1.39. The van der Waals surface area contributed by atoms with Crippen LogP contribution in [-0.4, -0.2) is 17.1 Å². The van der Waals surface area contributed by atoms with E-state index in [0.29, 0.717) is 6.61 Å². The molecule has 0 atom stereocenters. The van der Waals surface area contributed by atoms with Gasteiger partial charge in [-0.3, -0.25) is 0 Å². The van der Waals surface area contributed by atoms with E-state index in [9.17, 15) is 0 Å². The molecule has 0 unspecified atom stereocenters. The first-order valence-corrected chi connectivity index (χ1v) is 3.65. The third-order valence-corrected chi connectivity index (χ3v) is 1.39. The molecule has 0 spiro atoms. The minimum atomic E-state index is 0.587. The van der Waals surface area contributed by atoms with Gasteiger partial charge >= 0.3 is 0 Å². The molecule has 11 heavy (non-hydrogen) atoms. The Balaban J connectivity index is 2.66. The zero-order valence-electron chi connectivity index (χ0n) is 6.87. The molecule has 60 valence electrons. The predicted molar refractivity (Wildman–Crippen MR) is 42.1 cm³/mol. The van der Waals surface area contributed by atoms with Crippen LogP contribution in [0.3, 0.4) is 0 Å². The Hall–Kier alpha value is -0.960. The summed E-state index contributed by atoms with van der Waals surface area (Å²) in [5.74, 6) is 0.879. The second-order valence-electron chi connectivity index (χ2n) is 2.29. The first kappa shape index (κ1) is 8.14. The standard InChI is InChI=1S/C8H12N2O/c1-3-8-9-4-7(5-10-8)6-11-2/h4-5H,3,6H2,1-2H3. The highest BCUT2D eigenvalue weighted by Gasteiger charge is 1.93. The summed E-state index contributed by atoms with van der Waals surface area (Å²) in [5.41, 5.74) is 1.02. The van der Waals surface area contributed by atoms with Gasteiger partial charge in [0.2, 0.25) is 0 Å². The lowest BCUT2D eigenvalue weighted by Crippen LogP contribution is -1.95. The molecule has 0 aromatic carbocycles. The predicted octanol–water partition coefficient (Wildman–Crippen LogP) is 1.19. The lowest BCUT2D eigenvalue weighted by atomic mass is 10.3. The molecule has 3 nitrogen and oxygen atoms in total. The van der Waals surface area contributed by atoms with Gasteiger partial charge in [0.05, 0.1) is 6.61 Å². The van der Waals surface area contributed by atoms with Gasteiger partial charge in [-0.05, 0) is 0 Å². The van der Waals surface area contributed by atoms with Crippen LogP contribution in [0.1, 0.15) is 18.3 Å². The number of rotatable bonds is 3. The van der Waals surface area contributed by atoms with Crippen LogP contribution in [0, 0.1) is 0 Å². The van der Waals surface area contributed by atoms with E-state index in [2.05, 4.69) is 9.97 Å². The van der Waals surface area contributed by atoms with E-state index in [1.807, 2.05) is 6.92 Å². The summed E-state index contributed by atoms with van der Waals surface area (Å²) in [4.78, 5) is 8.25. The van der Waals surface area contributed by atoms with Crippen LogP contribution in [-0.2, 0) is 17.8 Å². The molecule has 0 fully saturated rings. The highest BCUT2D eigenvalue weighted by Crippen LogP contribution is 1.97. The molecule has 1 rings (SSSR count). The quantitative estimate of drug-likeness (QED) is 0.652. The van der Waals surface area contributed by atoms with Crippen LogP contribution in [0.5, 0.6) is 0 Å². The van der Waals surface area contributed by atoms with Crippen molar-refractivity contribution in [2.24, 2.45) is 0 Å². The minimum absolute atomic E-state index is 0.587. The zero-order valence-corrected chi connectivity index (χ0v) is 6.87. The van der Waals surface area contributed by atoms with Crippen LogP contribution < -0.4 is 0 Å². The Bertz CT molecular complexity index is 208. The van der Waals surface area contributed by atoms with Crippen molar-refractivity contribution in [3.8, 4) is 0 Å². The van der Waals surface area contributed by atoms with Crippen LogP contribution in [0.4, 0.5) is 0 Å². The van der Waals surface area contributed by atoms with Crippen molar-refractivity contribution in [3.05, 3.63) is 23.8 Å². The van der Waals surface area contributed by atoms with Crippen molar-refractivity contribution in [3.63, 3.8) is 0 Å². The summed E-state index contributed by atoms with van der Waals surface area (Å²) in [5, 5.41) is 0. The van der Waals surface area contributed by atoms with Gasteiger partial charge in [-0.2, -0.15) is 0 Å². The number of nitrogens with zero attached hydrogens (tertiary/aromatic N) is 2. The van der Waals surface area contributed by atoms with Crippen LogP contribution in [0.2, 0.25) is 0 Å². The molecule has 0 aliphatic rings. The summed E-state index contributed by atoms with van der Waals surface area (Å²) in [6.07, 6.45) is 4.48. The smallest absolute Gasteiger partial charge is 0.127 e. The molecular formula is C8H12N2O. The van der Waals surface area contributed by atoms with Gasteiger partial charge in [-0.15, -0.1) is 0 Å². The molecule has 0 aliphatic carbocycles. The van der Waals surface area contributed by atoms with Crippen LogP contribution in [0.25, 0.3) is 0 Å². The van der Waals surface area contributed by atoms with Crippen LogP contribution in [0.15, 0.2) is 12.4 Å². The molecule has 1 heterocycles. The van der Waals surface area contributed by atoms with Gasteiger partial charge in [0.25, 0.3) is 0 Å². The molecule has 1 aromatic heterocycles. The van der Waals surface area contributed by atoms with Gasteiger partial charge < -0.3 is 4.74 Å². The van der Waals surface area contributed by atoms with Crippen molar-refractivity contribution < 1.29 is 4.74 Å². The molecule has 0 radical (unpaired) electrons. The van der Waals surface area contributed by atoms with Gasteiger partial charge in [-0.1, -0.05) is 6.92 Å². The van der Waals surface area contributed by atoms with E-state index in [0.717, 1.165) is 17.8 Å². The third kappa shape index (κ3) is 2.27. The Morgan fingerprint density at radius 1 is 1.36 bits per heavy atom. The fourth-order valence-corrected chi connectivity index (χ4v) is 0.805. The van der Waals surface area contributed by atoms with E-state index in [-0.39, 0.29) is 0 Å². The molecule has 0 bridgehead atoms. The van der Waals surface area contributed by atoms with Gasteiger partial charge in [0.15, 0.2) is 0 Å². The number of methoxy groups -OCH3 is 1. The average molecular weight is 152 g/mol. The Morgan fingerprint density at radius 2 is 2.00 bits per heavy atom. The number of hydrogen-bond acceptors (Lipinski definition) is 3. The van der Waals surface area contributed by atoms with Crippen molar-refractivity contribution in [2.45, 2.75) is 20.0 Å². The Labute approximate surface area is 66.4 Å². The van der Waals surface area contributed by atoms with E-state index in [1.165, 1.54) is 0 Å². The number of aryl methyl sites for hydroxylation is 1. The number of aromatic nitrogens is 2. The van der Waals surface area contributed by atoms with Gasteiger partial charge in [0.1, 0.15) is 5.82 Å². The van der Waals surface area contributed by atoms with E-state index in [1.54, 1.807) is 19.5 Å². The molecule has 0 saturated carbocycles. The summed E-state index contributed by atoms with van der Waals surface area (Å²) in [7, 11) is 1.66. The Kier molecular flexibility index (Phi) is 2.98. The number of hydrogen-bond donors (Lipinski definition) is 0. The molecule has 0 N–H and O–H groups in total. The topological polar surface area (TPSA) is 35.0 Å². The van der Waals surface area contributed by atoms with Crippen molar-refractivity contribution >= 4 is 0 Å². The second-order valence-corrected chi connectivity index (χ2v) is 2.29. The largest absolute Gasteiger partial charge is 0.380 e. The second kappa shape index (κ2) is 4.03. The molecule has 3 heteroatoms. The maximum absolute atomic E-state index is 4.92. The van der Waals surface area contributed by atoms with E-state index >= 15 is 0 Å². The highest BCUT2D eigenvalue weighted by molar-refractivity contribution is 5.03. The first-order chi connectivity index (χ1) is 5.36. The molecular weight excluding hydrogens is 140 g/mol. The van der Waals surface area contributed by atoms with Crippen molar-refractivity contribution in [2.75, 3.05) is 7.11 Å². The van der Waals surface area contributed by atoms with Crippen molar-refractivity contribution in [1.29, 1.82) is 0 Å². The van der Waals surface area contributed by atoms with Gasteiger partial charge in [0, 0.05) is 31.5 Å². The fraction of sp³-hybridized carbons (Fsp3) is 0.500. The highest BCUT2D eigenvalue weighted by atomic mass is 16.5. The summed E-state index contributed by atoms with van der Waals surface area (Å²) in [6, 6.07) is 0. The normalized spacial score (nSPS) is 10.0. The lowest BCUT2D eigenvalue weighted by Gasteiger charge is -1.98. The maximum Gasteiger partial charge on any atom is 0.127 e. The minimum Gasteiger partial charge on any atom is -0.380 e. The molecule has 0 amide bonds. The molecule has 0 saturated heterocycles. The van der Waals surface area contributed by atoms with Crippen LogP contribution >= 0.6 is 0 Å². The number of ether oxygens (including phenoxy) is 1.